The average molecular weight is 351 g/mol. The molecule has 0 saturated carbocycles. The van der Waals surface area contributed by atoms with Crippen LogP contribution >= 0.6 is 22.9 Å². The fourth-order valence-electron chi connectivity index (χ4n) is 1.85. The molecule has 2 rings (SSSR count). The normalized spacial score (nSPS) is 10.2. The summed E-state index contributed by atoms with van der Waals surface area (Å²) in [5.41, 5.74) is 0.607. The maximum absolute atomic E-state index is 12.2. The molecule has 0 atom stereocenters. The van der Waals surface area contributed by atoms with Crippen LogP contribution in [0.4, 0.5) is 5.69 Å². The maximum Gasteiger partial charge on any atom is 0.264 e. The quantitative estimate of drug-likeness (QED) is 0.841. The van der Waals surface area contributed by atoms with Gasteiger partial charge >= 0.3 is 0 Å². The van der Waals surface area contributed by atoms with Crippen LogP contribution in [0.2, 0.25) is 5.02 Å². The van der Waals surface area contributed by atoms with Gasteiger partial charge in [-0.25, -0.2) is 0 Å². The van der Waals surface area contributed by atoms with Gasteiger partial charge < -0.3 is 10.2 Å². The van der Waals surface area contributed by atoms with E-state index in [1.165, 1.54) is 18.9 Å². The minimum absolute atomic E-state index is 0.0859. The first-order valence-corrected chi connectivity index (χ1v) is 7.98. The second-order valence-corrected chi connectivity index (χ2v) is 6.46. The van der Waals surface area contributed by atoms with Gasteiger partial charge in [0.2, 0.25) is 5.91 Å². The van der Waals surface area contributed by atoms with Crippen LogP contribution < -0.4 is 5.32 Å². The molecule has 1 aromatic carbocycles. The van der Waals surface area contributed by atoms with E-state index in [1.54, 1.807) is 36.4 Å². The van der Waals surface area contributed by atoms with Crippen LogP contribution in [-0.4, -0.2) is 36.1 Å². The molecule has 1 aromatic heterocycles. The third-order valence-electron chi connectivity index (χ3n) is 3.02. The second kappa shape index (κ2) is 7.39. The first kappa shape index (κ1) is 17.2. The monoisotopic (exact) mass is 350 g/mol. The number of carbonyl (C=O) groups excluding carboxylic acids is 3. The summed E-state index contributed by atoms with van der Waals surface area (Å²) < 4.78 is 0. The summed E-state index contributed by atoms with van der Waals surface area (Å²) in [6.07, 6.45) is 0. The largest absolute Gasteiger partial charge is 0.332 e. The summed E-state index contributed by atoms with van der Waals surface area (Å²) in [5, 5.41) is 3.27. The number of rotatable bonds is 5. The summed E-state index contributed by atoms with van der Waals surface area (Å²) >= 11 is 6.90. The Labute approximate surface area is 142 Å². The third-order valence-corrected chi connectivity index (χ3v) is 4.45. The lowest BCUT2D eigenvalue weighted by Crippen LogP contribution is -2.34. The van der Waals surface area contributed by atoms with E-state index in [1.807, 2.05) is 0 Å². The molecule has 1 N–H and O–H groups in total. The van der Waals surface area contributed by atoms with Crippen molar-refractivity contribution in [3.05, 3.63) is 51.2 Å². The molecule has 7 heteroatoms. The second-order valence-electron chi connectivity index (χ2n) is 4.94. The van der Waals surface area contributed by atoms with Crippen molar-refractivity contribution in [2.45, 2.75) is 6.92 Å². The number of nitrogens with one attached hydrogen (secondary N) is 1. The Morgan fingerprint density at radius 2 is 1.70 bits per heavy atom. The summed E-state index contributed by atoms with van der Waals surface area (Å²) in [6, 6.07) is 9.90. The fraction of sp³-hybridized carbons (Fsp3) is 0.188. The summed E-state index contributed by atoms with van der Waals surface area (Å²) in [4.78, 5) is 37.7. The topological polar surface area (TPSA) is 66.5 Å². The Morgan fingerprint density at radius 1 is 1.09 bits per heavy atom. The van der Waals surface area contributed by atoms with E-state index in [0.717, 1.165) is 11.3 Å². The van der Waals surface area contributed by atoms with Gasteiger partial charge in [-0.05, 0) is 43.3 Å². The van der Waals surface area contributed by atoms with Gasteiger partial charge in [-0.1, -0.05) is 11.6 Å². The van der Waals surface area contributed by atoms with E-state index in [9.17, 15) is 14.4 Å². The number of Topliss-reactive ketones (excluding diaryl/α,β-unsaturated/α-hetero) is 1. The molecule has 0 unspecified atom stereocenters. The van der Waals surface area contributed by atoms with Crippen LogP contribution in [-0.2, 0) is 4.79 Å². The van der Waals surface area contributed by atoms with Gasteiger partial charge in [0.05, 0.1) is 16.3 Å². The first-order chi connectivity index (χ1) is 10.9. The molecule has 0 aliphatic heterocycles. The number of amides is 2. The van der Waals surface area contributed by atoms with E-state index in [-0.39, 0.29) is 24.1 Å². The summed E-state index contributed by atoms with van der Waals surface area (Å²) in [6.45, 7) is 1.36. The molecule has 0 bridgehead atoms. The highest BCUT2D eigenvalue weighted by molar-refractivity contribution is 7.15. The first-order valence-electron chi connectivity index (χ1n) is 6.78. The van der Waals surface area contributed by atoms with Crippen LogP contribution in [0.5, 0.6) is 0 Å². The molecule has 1 heterocycles. The number of nitrogens with zero attached hydrogens (tertiary/aromatic N) is 1. The van der Waals surface area contributed by atoms with Gasteiger partial charge in [0.1, 0.15) is 0 Å². The molecular formula is C16H15ClN2O3S. The highest BCUT2D eigenvalue weighted by Crippen LogP contribution is 2.18. The Bertz CT molecular complexity index is 740. The van der Waals surface area contributed by atoms with Crippen molar-refractivity contribution in [2.75, 3.05) is 18.9 Å². The third kappa shape index (κ3) is 4.64. The average Bonchev–Trinajstić information content (AvgIpc) is 2.98. The van der Waals surface area contributed by atoms with Crippen LogP contribution in [0.25, 0.3) is 0 Å². The molecule has 0 aliphatic carbocycles. The van der Waals surface area contributed by atoms with Gasteiger partial charge in [-0.2, -0.15) is 0 Å². The van der Waals surface area contributed by atoms with E-state index in [4.69, 9.17) is 11.6 Å². The smallest absolute Gasteiger partial charge is 0.264 e. The highest BCUT2D eigenvalue weighted by Gasteiger charge is 2.17. The zero-order valence-electron chi connectivity index (χ0n) is 12.6. The van der Waals surface area contributed by atoms with E-state index < -0.39 is 0 Å². The van der Waals surface area contributed by atoms with Gasteiger partial charge in [0, 0.05) is 17.8 Å². The predicted octanol–water partition coefficient (Wildman–Crippen LogP) is 3.31. The molecule has 0 fully saturated rings. The number of hydrogen-bond donors (Lipinski definition) is 1. The van der Waals surface area contributed by atoms with E-state index in [2.05, 4.69) is 5.32 Å². The lowest BCUT2D eigenvalue weighted by atomic mass is 10.3. The molecule has 120 valence electrons. The Hall–Kier alpha value is -2.18. The van der Waals surface area contributed by atoms with Crippen molar-refractivity contribution in [3.8, 4) is 0 Å². The van der Waals surface area contributed by atoms with Crippen molar-refractivity contribution >= 4 is 46.2 Å². The van der Waals surface area contributed by atoms with E-state index >= 15 is 0 Å². The number of ketones is 1. The Kier molecular flexibility index (Phi) is 5.52. The van der Waals surface area contributed by atoms with E-state index in [0.29, 0.717) is 20.5 Å². The SMILES string of the molecule is CC(=O)c1ccc(C(=O)N(C)CC(=O)Nc2ccc(Cl)cc2)s1. The fourth-order valence-corrected chi connectivity index (χ4v) is 2.87. The lowest BCUT2D eigenvalue weighted by molar-refractivity contribution is -0.116. The van der Waals surface area contributed by atoms with Gasteiger partial charge in [0.25, 0.3) is 5.91 Å². The number of hydrogen-bond acceptors (Lipinski definition) is 4. The number of halogens is 1. The summed E-state index contributed by atoms with van der Waals surface area (Å²) in [5.74, 6) is -0.697. The van der Waals surface area contributed by atoms with Crippen LogP contribution in [0.3, 0.4) is 0 Å². The molecule has 2 amide bonds. The minimum Gasteiger partial charge on any atom is -0.332 e. The predicted molar refractivity (Wildman–Crippen MR) is 91.4 cm³/mol. The molecule has 0 saturated heterocycles. The highest BCUT2D eigenvalue weighted by atomic mass is 35.5. The van der Waals surface area contributed by atoms with Crippen molar-refractivity contribution in [1.82, 2.24) is 4.90 Å². The van der Waals surface area contributed by atoms with Gasteiger partial charge in [-0.3, -0.25) is 14.4 Å². The van der Waals surface area contributed by atoms with Crippen molar-refractivity contribution in [3.63, 3.8) is 0 Å². The van der Waals surface area contributed by atoms with Crippen molar-refractivity contribution < 1.29 is 14.4 Å². The number of thiophene rings is 1. The molecule has 2 aromatic rings. The van der Waals surface area contributed by atoms with Crippen molar-refractivity contribution in [2.24, 2.45) is 0 Å². The molecule has 0 spiro atoms. The maximum atomic E-state index is 12.2. The number of benzene rings is 1. The van der Waals surface area contributed by atoms with Gasteiger partial charge in [-0.15, -0.1) is 11.3 Å². The number of carbonyl (C=O) groups is 3. The Morgan fingerprint density at radius 3 is 2.26 bits per heavy atom. The van der Waals surface area contributed by atoms with Gasteiger partial charge in [0.15, 0.2) is 5.78 Å². The Balaban J connectivity index is 1.95. The van der Waals surface area contributed by atoms with Crippen LogP contribution in [0.15, 0.2) is 36.4 Å². The zero-order chi connectivity index (χ0) is 17.0. The minimum atomic E-state index is -0.313. The molecule has 5 nitrogen and oxygen atoms in total. The molecule has 0 aliphatic rings. The molecular weight excluding hydrogens is 336 g/mol. The van der Waals surface area contributed by atoms with Crippen molar-refractivity contribution in [1.29, 1.82) is 0 Å². The zero-order valence-corrected chi connectivity index (χ0v) is 14.2. The summed E-state index contributed by atoms with van der Waals surface area (Å²) in [7, 11) is 1.54. The number of anilines is 1. The lowest BCUT2D eigenvalue weighted by Gasteiger charge is -2.15. The number of likely N-dealkylation sites (N-methyl/N-ethyl adjacent to an activating group) is 1. The van der Waals surface area contributed by atoms with Crippen LogP contribution in [0, 0.1) is 0 Å². The standard InChI is InChI=1S/C16H15ClN2O3S/c1-10(20)13-7-8-14(23-13)16(22)19(2)9-15(21)18-12-5-3-11(17)4-6-12/h3-8H,9H2,1-2H3,(H,18,21). The molecule has 0 radical (unpaired) electrons. The molecule has 23 heavy (non-hydrogen) atoms. The van der Waals surface area contributed by atoms with Crippen LogP contribution in [0.1, 0.15) is 26.3 Å².